The first-order valence-electron chi connectivity index (χ1n) is 13.5. The monoisotopic (exact) mass is 717 g/mol. The minimum absolute atomic E-state index is 0.139. The zero-order valence-corrected chi connectivity index (χ0v) is 28.2. The fourth-order valence-corrected chi connectivity index (χ4v) is 7.05. The van der Waals surface area contributed by atoms with Crippen LogP contribution in [0, 0.1) is 0 Å². The van der Waals surface area contributed by atoms with Gasteiger partial charge in [0, 0.05) is 33.7 Å². The Labute approximate surface area is 276 Å². The number of hydrogen-bond acceptors (Lipinski definition) is 5. The molecular weight excluding hydrogens is 693 g/mol. The van der Waals surface area contributed by atoms with Gasteiger partial charge in [0.05, 0.1) is 26.3 Å². The van der Waals surface area contributed by atoms with E-state index in [0.29, 0.717) is 54.5 Å². The van der Waals surface area contributed by atoms with Crippen LogP contribution < -0.4 is 19.6 Å². The quantitative estimate of drug-likeness (QED) is 0.191. The molecule has 5 rings (SSSR count). The second-order valence-corrected chi connectivity index (χ2v) is 13.0. The minimum atomic E-state index is -0.633. The molecule has 0 aliphatic carbocycles. The van der Waals surface area contributed by atoms with Crippen LogP contribution >= 0.6 is 62.1 Å². The summed E-state index contributed by atoms with van der Waals surface area (Å²) in [7, 11) is 0. The van der Waals surface area contributed by atoms with Gasteiger partial charge in [-0.15, -0.1) is 0 Å². The summed E-state index contributed by atoms with van der Waals surface area (Å²) >= 11 is 23.3. The molecule has 2 heterocycles. The summed E-state index contributed by atoms with van der Waals surface area (Å²) < 4.78 is 8.81. The third kappa shape index (κ3) is 6.64. The Morgan fingerprint density at radius 3 is 2.40 bits per heavy atom. The number of thiazole rings is 1. The van der Waals surface area contributed by atoms with Gasteiger partial charge >= 0.3 is 0 Å². The van der Waals surface area contributed by atoms with Gasteiger partial charge in [-0.2, -0.15) is 0 Å². The fraction of sp³-hybridized carbons (Fsp3) is 0.219. The molecule has 1 aliphatic heterocycles. The van der Waals surface area contributed by atoms with Crippen molar-refractivity contribution in [3.8, 4) is 5.75 Å². The first-order chi connectivity index (χ1) is 20.6. The summed E-state index contributed by atoms with van der Waals surface area (Å²) in [6.45, 7) is 7.06. The number of fused-ring (bicyclic) bond motifs is 1. The highest BCUT2D eigenvalue weighted by atomic mass is 79.9. The van der Waals surface area contributed by atoms with Crippen LogP contribution in [0.5, 0.6) is 5.75 Å². The highest BCUT2D eigenvalue weighted by Gasteiger charge is 2.34. The number of carbonyl (C=O) groups is 1. The molecule has 0 saturated carbocycles. The minimum Gasteiger partial charge on any atom is -0.488 e. The summed E-state index contributed by atoms with van der Waals surface area (Å²) in [5.74, 6) is 0.488. The van der Waals surface area contributed by atoms with Crippen molar-refractivity contribution in [1.82, 2.24) is 9.47 Å². The van der Waals surface area contributed by atoms with E-state index in [4.69, 9.17) is 44.5 Å². The standard InChI is InChI=1S/C32H27BrCl3N3O3S/c1-4-38(5-2)31(41)28-18(3)37-32-39(29(28)20-7-10-22(34)11-8-20)30(40)27(43-32)15-19-6-13-26(24(33)14-19)42-17-21-9-12-23(35)16-25(21)36/h6-16,29H,4-5,17H2,1-3H3/b27-15+/t29-/m1/s1. The number of likely N-dealkylation sites (N-methyl/N-ethyl adjacent to an activating group) is 1. The van der Waals surface area contributed by atoms with Gasteiger partial charge in [0.15, 0.2) is 4.80 Å². The Balaban J connectivity index is 1.53. The molecule has 0 fully saturated rings. The predicted molar refractivity (Wildman–Crippen MR) is 178 cm³/mol. The number of amides is 1. The molecule has 0 N–H and O–H groups in total. The van der Waals surface area contributed by atoms with E-state index >= 15 is 0 Å². The first-order valence-corrected chi connectivity index (χ1v) is 16.3. The molecule has 1 aliphatic rings. The lowest BCUT2D eigenvalue weighted by atomic mass is 9.94. The molecule has 222 valence electrons. The van der Waals surface area contributed by atoms with Crippen molar-refractivity contribution in [2.24, 2.45) is 4.99 Å². The molecule has 0 bridgehead atoms. The van der Waals surface area contributed by atoms with E-state index in [2.05, 4.69) is 15.9 Å². The van der Waals surface area contributed by atoms with Gasteiger partial charge in [-0.1, -0.05) is 70.4 Å². The van der Waals surface area contributed by atoms with Crippen LogP contribution in [0.25, 0.3) is 6.08 Å². The number of hydrogen-bond donors (Lipinski definition) is 0. The summed E-state index contributed by atoms with van der Waals surface area (Å²) in [6.07, 6.45) is 1.82. The molecule has 6 nitrogen and oxygen atoms in total. The van der Waals surface area contributed by atoms with Crippen molar-refractivity contribution in [3.63, 3.8) is 0 Å². The van der Waals surface area contributed by atoms with Gasteiger partial charge in [-0.3, -0.25) is 14.2 Å². The Morgan fingerprint density at radius 1 is 1.05 bits per heavy atom. The molecule has 1 atom stereocenters. The molecule has 11 heteroatoms. The zero-order valence-electron chi connectivity index (χ0n) is 23.5. The summed E-state index contributed by atoms with van der Waals surface area (Å²) in [6, 6.07) is 17.5. The average molecular weight is 720 g/mol. The van der Waals surface area contributed by atoms with Crippen LogP contribution in [0.2, 0.25) is 15.1 Å². The number of halogens is 4. The second-order valence-electron chi connectivity index (χ2n) is 9.83. The third-order valence-electron chi connectivity index (χ3n) is 7.14. The molecular formula is C32H27BrCl3N3O3S. The average Bonchev–Trinajstić information content (AvgIpc) is 3.27. The summed E-state index contributed by atoms with van der Waals surface area (Å²) in [5, 5.41) is 1.67. The Morgan fingerprint density at radius 2 is 1.74 bits per heavy atom. The first kappa shape index (κ1) is 31.5. The van der Waals surface area contributed by atoms with Crippen molar-refractivity contribution < 1.29 is 9.53 Å². The zero-order chi connectivity index (χ0) is 30.8. The fourth-order valence-electron chi connectivity index (χ4n) is 4.91. The van der Waals surface area contributed by atoms with Crippen LogP contribution in [0.1, 0.15) is 43.5 Å². The number of allylic oxidation sites excluding steroid dienone is 1. The van der Waals surface area contributed by atoms with Gasteiger partial charge in [0.2, 0.25) is 0 Å². The molecule has 4 aromatic rings. The van der Waals surface area contributed by atoms with Crippen LogP contribution in [0.3, 0.4) is 0 Å². The van der Waals surface area contributed by atoms with E-state index in [9.17, 15) is 9.59 Å². The normalized spacial score (nSPS) is 14.9. The van der Waals surface area contributed by atoms with E-state index in [1.807, 2.05) is 63.2 Å². The second kappa shape index (κ2) is 13.4. The Bertz CT molecular complexity index is 1910. The molecule has 0 saturated heterocycles. The SMILES string of the molecule is CCN(CC)C(=O)C1=C(C)N=c2s/c(=C/c3ccc(OCc4ccc(Cl)cc4Cl)c(Br)c3)c(=O)n2[C@@H]1c1ccc(Cl)cc1. The Kier molecular flexibility index (Phi) is 9.83. The van der Waals surface area contributed by atoms with E-state index in [0.717, 1.165) is 21.2 Å². The van der Waals surface area contributed by atoms with Crippen molar-refractivity contribution in [3.05, 3.63) is 128 Å². The molecule has 0 radical (unpaired) electrons. The van der Waals surface area contributed by atoms with E-state index in [1.54, 1.807) is 33.7 Å². The molecule has 1 aromatic heterocycles. The van der Waals surface area contributed by atoms with Gasteiger partial charge < -0.3 is 9.64 Å². The maximum atomic E-state index is 14.0. The highest BCUT2D eigenvalue weighted by Crippen LogP contribution is 2.32. The van der Waals surface area contributed by atoms with Gasteiger partial charge in [0.25, 0.3) is 11.5 Å². The number of carbonyl (C=O) groups excluding carboxylic acids is 1. The lowest BCUT2D eigenvalue weighted by Gasteiger charge is -2.29. The van der Waals surface area contributed by atoms with E-state index in [-0.39, 0.29) is 18.1 Å². The molecule has 3 aromatic carbocycles. The van der Waals surface area contributed by atoms with Gasteiger partial charge in [0.1, 0.15) is 12.4 Å². The number of benzene rings is 3. The predicted octanol–water partition coefficient (Wildman–Crippen LogP) is 7.41. The van der Waals surface area contributed by atoms with Gasteiger partial charge in [-0.25, -0.2) is 4.99 Å². The molecule has 43 heavy (non-hydrogen) atoms. The number of nitrogens with zero attached hydrogens (tertiary/aromatic N) is 3. The summed E-state index contributed by atoms with van der Waals surface area (Å²) in [4.78, 5) is 34.7. The van der Waals surface area contributed by atoms with Crippen LogP contribution in [-0.4, -0.2) is 28.5 Å². The highest BCUT2D eigenvalue weighted by molar-refractivity contribution is 9.10. The molecule has 0 spiro atoms. The van der Waals surface area contributed by atoms with Gasteiger partial charge in [-0.05, 0) is 90.3 Å². The maximum absolute atomic E-state index is 14.0. The van der Waals surface area contributed by atoms with Crippen molar-refractivity contribution in [2.75, 3.05) is 13.1 Å². The summed E-state index contributed by atoms with van der Waals surface area (Å²) in [5.41, 5.74) is 3.24. The number of aromatic nitrogens is 1. The van der Waals surface area contributed by atoms with E-state index < -0.39 is 6.04 Å². The molecule has 1 amide bonds. The lowest BCUT2D eigenvalue weighted by Crippen LogP contribution is -2.43. The topological polar surface area (TPSA) is 63.9 Å². The lowest BCUT2D eigenvalue weighted by molar-refractivity contribution is -0.127. The Hall–Kier alpha value is -2.88. The molecule has 0 unspecified atom stereocenters. The maximum Gasteiger partial charge on any atom is 0.271 e. The van der Waals surface area contributed by atoms with E-state index in [1.165, 1.54) is 11.3 Å². The van der Waals surface area contributed by atoms with Crippen molar-refractivity contribution in [1.29, 1.82) is 0 Å². The van der Waals surface area contributed by atoms with Crippen LogP contribution in [-0.2, 0) is 11.4 Å². The number of rotatable bonds is 8. The van der Waals surface area contributed by atoms with Crippen LogP contribution in [0.4, 0.5) is 0 Å². The van der Waals surface area contributed by atoms with Crippen LogP contribution in [0.15, 0.2) is 86.2 Å². The smallest absolute Gasteiger partial charge is 0.271 e. The number of ether oxygens (including phenoxy) is 1. The largest absolute Gasteiger partial charge is 0.488 e. The van der Waals surface area contributed by atoms with Crippen molar-refractivity contribution in [2.45, 2.75) is 33.4 Å². The third-order valence-corrected chi connectivity index (χ3v) is 9.58. The van der Waals surface area contributed by atoms with Crippen molar-refractivity contribution >= 4 is 74.1 Å².